The van der Waals surface area contributed by atoms with Crippen LogP contribution < -0.4 is 0 Å². The number of rotatable bonds is 4. The first-order valence-electron chi connectivity index (χ1n) is 4.99. The Kier molecular flexibility index (Phi) is 4.26. The van der Waals surface area contributed by atoms with E-state index in [2.05, 4.69) is 0 Å². The van der Waals surface area contributed by atoms with Gasteiger partial charge in [0.25, 0.3) is 0 Å². The first-order valence-corrected chi connectivity index (χ1v) is 5.87. The predicted molar refractivity (Wildman–Crippen MR) is 65.5 cm³/mol. The van der Waals surface area contributed by atoms with Crippen molar-refractivity contribution < 1.29 is 14.6 Å². The van der Waals surface area contributed by atoms with E-state index in [-0.39, 0.29) is 5.60 Å². The van der Waals surface area contributed by atoms with Crippen LogP contribution in [0.3, 0.4) is 0 Å². The second kappa shape index (κ2) is 5.27. The Morgan fingerprint density at radius 1 is 1.56 bits per heavy atom. The molecule has 0 aromatic carbocycles. The van der Waals surface area contributed by atoms with Gasteiger partial charge in [0.1, 0.15) is 0 Å². The van der Waals surface area contributed by atoms with E-state index in [1.807, 2.05) is 32.2 Å². The molecule has 0 bridgehead atoms. The van der Waals surface area contributed by atoms with Gasteiger partial charge in [0.2, 0.25) is 0 Å². The van der Waals surface area contributed by atoms with E-state index in [0.29, 0.717) is 6.61 Å². The monoisotopic (exact) mass is 240 g/mol. The second-order valence-corrected chi connectivity index (χ2v) is 5.41. The molecule has 16 heavy (non-hydrogen) atoms. The largest absolute Gasteiger partial charge is 0.478 e. The average molecular weight is 240 g/mol. The summed E-state index contributed by atoms with van der Waals surface area (Å²) in [7, 11) is 0. The summed E-state index contributed by atoms with van der Waals surface area (Å²) in [4.78, 5) is 11.4. The van der Waals surface area contributed by atoms with E-state index in [1.54, 1.807) is 17.4 Å². The van der Waals surface area contributed by atoms with Gasteiger partial charge in [-0.1, -0.05) is 0 Å². The van der Waals surface area contributed by atoms with Gasteiger partial charge in [-0.2, -0.15) is 0 Å². The number of carboxylic acid groups (broad SMARTS) is 1. The second-order valence-electron chi connectivity index (χ2n) is 4.42. The average Bonchev–Trinajstić information content (AvgIpc) is 2.58. The van der Waals surface area contributed by atoms with Gasteiger partial charge in [0.05, 0.1) is 12.2 Å². The summed E-state index contributed by atoms with van der Waals surface area (Å²) in [5.41, 5.74) is 0.751. The number of hydrogen-bond donors (Lipinski definition) is 1. The first kappa shape index (κ1) is 12.9. The Labute approximate surface area is 99.4 Å². The summed E-state index contributed by atoms with van der Waals surface area (Å²) in [6.07, 6.45) is 2.72. The third kappa shape index (κ3) is 5.09. The van der Waals surface area contributed by atoms with Crippen molar-refractivity contribution >= 4 is 23.4 Å². The fraction of sp³-hybridized carbons (Fsp3) is 0.417. The zero-order valence-electron chi connectivity index (χ0n) is 9.69. The molecule has 88 valence electrons. The molecular weight excluding hydrogens is 224 g/mol. The summed E-state index contributed by atoms with van der Waals surface area (Å²) in [5, 5.41) is 10.4. The molecule has 0 saturated heterocycles. The Hall–Kier alpha value is -1.13. The first-order chi connectivity index (χ1) is 7.37. The molecule has 1 aromatic rings. The van der Waals surface area contributed by atoms with Crippen molar-refractivity contribution in [3.05, 3.63) is 28.0 Å². The molecule has 0 aliphatic heterocycles. The van der Waals surface area contributed by atoms with Crippen molar-refractivity contribution in [2.45, 2.75) is 33.0 Å². The van der Waals surface area contributed by atoms with Crippen molar-refractivity contribution in [2.24, 2.45) is 0 Å². The number of carbonyl (C=O) groups is 1. The summed E-state index contributed by atoms with van der Waals surface area (Å²) in [6.45, 7) is 6.58. The Bertz CT molecular complexity index is 385. The molecule has 0 saturated carbocycles. The predicted octanol–water partition coefficient (Wildman–Crippen LogP) is 3.16. The van der Waals surface area contributed by atoms with Crippen LogP contribution in [0.25, 0.3) is 6.08 Å². The Morgan fingerprint density at radius 3 is 2.81 bits per heavy atom. The highest BCUT2D eigenvalue weighted by atomic mass is 32.1. The molecule has 0 amide bonds. The van der Waals surface area contributed by atoms with Gasteiger partial charge in [-0.25, -0.2) is 4.79 Å². The van der Waals surface area contributed by atoms with Gasteiger partial charge >= 0.3 is 5.97 Å². The molecule has 4 heteroatoms. The highest BCUT2D eigenvalue weighted by Gasteiger charge is 2.10. The molecular formula is C12H16O3S. The van der Waals surface area contributed by atoms with E-state index in [1.165, 1.54) is 0 Å². The van der Waals surface area contributed by atoms with Gasteiger partial charge < -0.3 is 9.84 Å². The quantitative estimate of drug-likeness (QED) is 0.822. The van der Waals surface area contributed by atoms with Crippen molar-refractivity contribution in [1.82, 2.24) is 0 Å². The lowest BCUT2D eigenvalue weighted by atomic mass is 10.2. The van der Waals surface area contributed by atoms with Crippen LogP contribution in [0.4, 0.5) is 0 Å². The Morgan fingerprint density at radius 2 is 2.25 bits per heavy atom. The molecule has 1 heterocycles. The van der Waals surface area contributed by atoms with E-state index >= 15 is 0 Å². The summed E-state index contributed by atoms with van der Waals surface area (Å²) in [6, 6.07) is 1.94. The summed E-state index contributed by atoms with van der Waals surface area (Å²) < 4.78 is 5.62. The third-order valence-electron chi connectivity index (χ3n) is 1.74. The van der Waals surface area contributed by atoms with Crippen molar-refractivity contribution in [2.75, 3.05) is 0 Å². The fourth-order valence-electron chi connectivity index (χ4n) is 1.02. The zero-order chi connectivity index (χ0) is 12.2. The van der Waals surface area contributed by atoms with Gasteiger partial charge in [0, 0.05) is 11.0 Å². The van der Waals surface area contributed by atoms with Gasteiger partial charge in [0.15, 0.2) is 0 Å². The third-order valence-corrected chi connectivity index (χ3v) is 2.67. The highest BCUT2D eigenvalue weighted by molar-refractivity contribution is 7.10. The standard InChI is InChI=1S/C12H16O3S/c1-12(2,3)15-7-10-6-9(8-16-10)4-5-11(13)14/h4-6,8H,7H2,1-3H3,(H,13,14). The highest BCUT2D eigenvalue weighted by Crippen LogP contribution is 2.19. The van der Waals surface area contributed by atoms with Crippen LogP contribution in [0.1, 0.15) is 31.2 Å². The maximum Gasteiger partial charge on any atom is 0.328 e. The van der Waals surface area contributed by atoms with E-state index in [4.69, 9.17) is 9.84 Å². The van der Waals surface area contributed by atoms with Crippen molar-refractivity contribution in [3.63, 3.8) is 0 Å². The summed E-state index contributed by atoms with van der Waals surface area (Å²) in [5.74, 6) is -0.932. The molecule has 0 fully saturated rings. The lowest BCUT2D eigenvalue weighted by Crippen LogP contribution is -2.18. The maximum atomic E-state index is 10.3. The van der Waals surface area contributed by atoms with Crippen LogP contribution in [0, 0.1) is 0 Å². The topological polar surface area (TPSA) is 46.5 Å². The zero-order valence-corrected chi connectivity index (χ0v) is 10.5. The van der Waals surface area contributed by atoms with Crippen LogP contribution in [0.2, 0.25) is 0 Å². The normalized spacial score (nSPS) is 12.2. The molecule has 0 spiro atoms. The van der Waals surface area contributed by atoms with Crippen molar-refractivity contribution in [3.8, 4) is 0 Å². The molecule has 0 radical (unpaired) electrons. The minimum Gasteiger partial charge on any atom is -0.478 e. The number of thiophene rings is 1. The van der Waals surface area contributed by atoms with Crippen LogP contribution in [0.15, 0.2) is 17.5 Å². The number of ether oxygens (including phenoxy) is 1. The minimum atomic E-state index is -0.932. The molecule has 1 N–H and O–H groups in total. The molecule has 0 aliphatic rings. The van der Waals surface area contributed by atoms with E-state index in [0.717, 1.165) is 16.5 Å². The lowest BCUT2D eigenvalue weighted by molar-refractivity contribution is -0.131. The minimum absolute atomic E-state index is 0.152. The van der Waals surface area contributed by atoms with Gasteiger partial charge in [-0.05, 0) is 43.9 Å². The van der Waals surface area contributed by atoms with Crippen LogP contribution in [0.5, 0.6) is 0 Å². The van der Waals surface area contributed by atoms with Crippen LogP contribution >= 0.6 is 11.3 Å². The maximum absolute atomic E-state index is 10.3. The van der Waals surface area contributed by atoms with E-state index < -0.39 is 5.97 Å². The summed E-state index contributed by atoms with van der Waals surface area (Å²) >= 11 is 1.57. The Balaban J connectivity index is 2.55. The number of aliphatic carboxylic acids is 1. The van der Waals surface area contributed by atoms with E-state index in [9.17, 15) is 4.79 Å². The lowest BCUT2D eigenvalue weighted by Gasteiger charge is -2.18. The van der Waals surface area contributed by atoms with Crippen molar-refractivity contribution in [1.29, 1.82) is 0 Å². The molecule has 0 atom stereocenters. The van der Waals surface area contributed by atoms with Crippen LogP contribution in [-0.2, 0) is 16.1 Å². The molecule has 1 aromatic heterocycles. The molecule has 1 rings (SSSR count). The fourth-order valence-corrected chi connectivity index (χ4v) is 1.78. The van der Waals surface area contributed by atoms with Crippen LogP contribution in [-0.4, -0.2) is 16.7 Å². The van der Waals surface area contributed by atoms with Gasteiger partial charge in [-0.15, -0.1) is 11.3 Å². The molecule has 0 unspecified atom stereocenters. The molecule has 0 aliphatic carbocycles. The smallest absolute Gasteiger partial charge is 0.328 e. The SMILES string of the molecule is CC(C)(C)OCc1cc(C=CC(=O)O)cs1. The number of carboxylic acids is 1. The van der Waals surface area contributed by atoms with Gasteiger partial charge in [-0.3, -0.25) is 0 Å². The number of hydrogen-bond acceptors (Lipinski definition) is 3. The molecule has 3 nitrogen and oxygen atoms in total.